The van der Waals surface area contributed by atoms with E-state index in [1.54, 1.807) is 8.61 Å². The lowest BCUT2D eigenvalue weighted by Gasteiger charge is -2.32. The van der Waals surface area contributed by atoms with Gasteiger partial charge >= 0.3 is 0 Å². The molecule has 2 aliphatic heterocycles. The van der Waals surface area contributed by atoms with Gasteiger partial charge in [-0.25, -0.2) is 0 Å². The molecule has 0 spiro atoms. The molecule has 0 aromatic rings. The number of hydrogen-bond acceptors (Lipinski definition) is 3. The van der Waals surface area contributed by atoms with Crippen LogP contribution in [0.3, 0.4) is 0 Å². The standard InChI is InChI=1S/C9H18N2O3S/c1-9-8-11(6-7-14-9)15(12,13)10-4-2-3-5-10/h9H,2-8H2,1H3. The highest BCUT2D eigenvalue weighted by Crippen LogP contribution is 2.18. The first kappa shape index (κ1) is 11.3. The molecule has 1 atom stereocenters. The van der Waals surface area contributed by atoms with E-state index in [-0.39, 0.29) is 6.10 Å². The van der Waals surface area contributed by atoms with Crippen molar-refractivity contribution in [1.29, 1.82) is 0 Å². The number of hydrogen-bond donors (Lipinski definition) is 0. The predicted molar refractivity (Wildman–Crippen MR) is 56.7 cm³/mol. The molecule has 5 nitrogen and oxygen atoms in total. The second-order valence-corrected chi connectivity index (χ2v) is 6.08. The van der Waals surface area contributed by atoms with Gasteiger partial charge in [0.1, 0.15) is 0 Å². The zero-order valence-corrected chi connectivity index (χ0v) is 9.87. The van der Waals surface area contributed by atoms with Gasteiger partial charge in [-0.2, -0.15) is 17.0 Å². The van der Waals surface area contributed by atoms with Crippen molar-refractivity contribution >= 4 is 10.2 Å². The maximum Gasteiger partial charge on any atom is 0.282 e. The quantitative estimate of drug-likeness (QED) is 0.678. The van der Waals surface area contributed by atoms with Crippen LogP contribution in [0.5, 0.6) is 0 Å². The van der Waals surface area contributed by atoms with E-state index < -0.39 is 10.2 Å². The largest absolute Gasteiger partial charge is 0.376 e. The minimum absolute atomic E-state index is 0.0103. The van der Waals surface area contributed by atoms with E-state index in [0.717, 1.165) is 12.8 Å². The minimum atomic E-state index is -3.21. The fraction of sp³-hybridized carbons (Fsp3) is 1.00. The highest BCUT2D eigenvalue weighted by atomic mass is 32.2. The van der Waals surface area contributed by atoms with Gasteiger partial charge in [0.25, 0.3) is 10.2 Å². The van der Waals surface area contributed by atoms with Crippen molar-refractivity contribution in [3.05, 3.63) is 0 Å². The molecule has 0 aromatic heterocycles. The van der Waals surface area contributed by atoms with Gasteiger partial charge in [-0.15, -0.1) is 0 Å². The van der Waals surface area contributed by atoms with E-state index in [1.165, 1.54) is 0 Å². The average Bonchev–Trinajstić information content (AvgIpc) is 2.71. The first-order valence-electron chi connectivity index (χ1n) is 5.47. The summed E-state index contributed by atoms with van der Waals surface area (Å²) in [6.45, 7) is 4.74. The Kier molecular flexibility index (Phi) is 3.30. The smallest absolute Gasteiger partial charge is 0.282 e. The summed E-state index contributed by atoms with van der Waals surface area (Å²) in [6.07, 6.45) is 1.98. The second-order valence-electron chi connectivity index (χ2n) is 4.15. The van der Waals surface area contributed by atoms with Crippen LogP contribution in [0.2, 0.25) is 0 Å². The Morgan fingerprint density at radius 3 is 2.40 bits per heavy atom. The summed E-state index contributed by atoms with van der Waals surface area (Å²) in [5, 5.41) is 0. The van der Waals surface area contributed by atoms with Crippen molar-refractivity contribution in [2.45, 2.75) is 25.9 Å². The van der Waals surface area contributed by atoms with Gasteiger partial charge in [-0.05, 0) is 19.8 Å². The van der Waals surface area contributed by atoms with Crippen molar-refractivity contribution < 1.29 is 13.2 Å². The van der Waals surface area contributed by atoms with Crippen molar-refractivity contribution in [3.63, 3.8) is 0 Å². The van der Waals surface area contributed by atoms with Gasteiger partial charge < -0.3 is 4.74 Å². The van der Waals surface area contributed by atoms with Crippen molar-refractivity contribution in [2.75, 3.05) is 32.8 Å². The molecular weight excluding hydrogens is 216 g/mol. The van der Waals surface area contributed by atoms with Gasteiger partial charge in [-0.1, -0.05) is 0 Å². The van der Waals surface area contributed by atoms with E-state index in [9.17, 15) is 8.42 Å². The topological polar surface area (TPSA) is 49.9 Å². The summed E-state index contributed by atoms with van der Waals surface area (Å²) in [7, 11) is -3.21. The molecule has 88 valence electrons. The summed E-state index contributed by atoms with van der Waals surface area (Å²) in [6, 6.07) is 0. The molecule has 6 heteroatoms. The third kappa shape index (κ3) is 2.33. The molecular formula is C9H18N2O3S. The van der Waals surface area contributed by atoms with E-state index in [2.05, 4.69) is 0 Å². The summed E-state index contributed by atoms with van der Waals surface area (Å²) >= 11 is 0. The first-order chi connectivity index (χ1) is 7.10. The van der Waals surface area contributed by atoms with Crippen molar-refractivity contribution in [3.8, 4) is 0 Å². The molecule has 0 saturated carbocycles. The summed E-state index contributed by atoms with van der Waals surface area (Å²) < 4.78 is 32.7. The van der Waals surface area contributed by atoms with Crippen LogP contribution < -0.4 is 0 Å². The summed E-state index contributed by atoms with van der Waals surface area (Å²) in [4.78, 5) is 0. The molecule has 0 aromatic carbocycles. The zero-order valence-electron chi connectivity index (χ0n) is 9.05. The highest BCUT2D eigenvalue weighted by molar-refractivity contribution is 7.86. The van der Waals surface area contributed by atoms with Crippen LogP contribution in [0, 0.1) is 0 Å². The maximum atomic E-state index is 12.1. The number of rotatable bonds is 2. The van der Waals surface area contributed by atoms with E-state index in [0.29, 0.717) is 32.8 Å². The Bertz CT molecular complexity index is 311. The number of nitrogens with zero attached hydrogens (tertiary/aromatic N) is 2. The van der Waals surface area contributed by atoms with Crippen LogP contribution in [0.4, 0.5) is 0 Å². The Hall–Kier alpha value is -0.170. The minimum Gasteiger partial charge on any atom is -0.376 e. The fourth-order valence-electron chi connectivity index (χ4n) is 2.08. The lowest BCUT2D eigenvalue weighted by Crippen LogP contribution is -2.49. The van der Waals surface area contributed by atoms with Crippen molar-refractivity contribution in [1.82, 2.24) is 8.61 Å². The SMILES string of the molecule is CC1CN(S(=O)(=O)N2CCCC2)CCO1. The normalized spacial score (nSPS) is 30.9. The molecule has 2 saturated heterocycles. The number of ether oxygens (including phenoxy) is 1. The molecule has 2 fully saturated rings. The molecule has 2 heterocycles. The molecule has 15 heavy (non-hydrogen) atoms. The Morgan fingerprint density at radius 1 is 1.13 bits per heavy atom. The molecule has 0 radical (unpaired) electrons. The van der Waals surface area contributed by atoms with Crippen LogP contribution in [0.15, 0.2) is 0 Å². The van der Waals surface area contributed by atoms with Crippen LogP contribution in [0.25, 0.3) is 0 Å². The molecule has 1 unspecified atom stereocenters. The van der Waals surface area contributed by atoms with Crippen LogP contribution in [-0.2, 0) is 14.9 Å². The lowest BCUT2D eigenvalue weighted by atomic mass is 10.3. The number of morpholine rings is 1. The molecule has 2 rings (SSSR count). The van der Waals surface area contributed by atoms with Crippen LogP contribution >= 0.6 is 0 Å². The maximum absolute atomic E-state index is 12.1. The predicted octanol–water partition coefficient (Wildman–Crippen LogP) is 0.0477. The molecule has 0 amide bonds. The van der Waals surface area contributed by atoms with Gasteiger partial charge in [-0.3, -0.25) is 0 Å². The molecule has 0 bridgehead atoms. The Labute approximate surface area is 91.2 Å². The van der Waals surface area contributed by atoms with E-state index in [4.69, 9.17) is 4.74 Å². The van der Waals surface area contributed by atoms with Crippen molar-refractivity contribution in [2.24, 2.45) is 0 Å². The van der Waals surface area contributed by atoms with E-state index in [1.807, 2.05) is 6.92 Å². The summed E-state index contributed by atoms with van der Waals surface area (Å²) in [5.41, 5.74) is 0. The van der Waals surface area contributed by atoms with E-state index >= 15 is 0 Å². The Balaban J connectivity index is 2.07. The van der Waals surface area contributed by atoms with Crippen LogP contribution in [-0.4, -0.2) is 55.9 Å². The second kappa shape index (κ2) is 4.37. The first-order valence-corrected chi connectivity index (χ1v) is 6.87. The third-order valence-electron chi connectivity index (χ3n) is 2.92. The third-order valence-corrected chi connectivity index (χ3v) is 4.92. The highest BCUT2D eigenvalue weighted by Gasteiger charge is 2.34. The molecule has 0 aliphatic carbocycles. The summed E-state index contributed by atoms with van der Waals surface area (Å²) in [5.74, 6) is 0. The average molecular weight is 234 g/mol. The zero-order chi connectivity index (χ0) is 10.9. The van der Waals surface area contributed by atoms with Gasteiger partial charge in [0.2, 0.25) is 0 Å². The van der Waals surface area contributed by atoms with Crippen LogP contribution in [0.1, 0.15) is 19.8 Å². The van der Waals surface area contributed by atoms with Gasteiger partial charge in [0, 0.05) is 26.2 Å². The Morgan fingerprint density at radius 2 is 1.80 bits per heavy atom. The monoisotopic (exact) mass is 234 g/mol. The molecule has 2 aliphatic rings. The molecule has 0 N–H and O–H groups in total. The lowest BCUT2D eigenvalue weighted by molar-refractivity contribution is 0.00851. The van der Waals surface area contributed by atoms with Gasteiger partial charge in [0.05, 0.1) is 12.7 Å². The van der Waals surface area contributed by atoms with Gasteiger partial charge in [0.15, 0.2) is 0 Å². The fourth-order valence-corrected chi connectivity index (χ4v) is 3.83.